The number of rotatable bonds is 4. The van der Waals surface area contributed by atoms with Crippen molar-refractivity contribution >= 4 is 27.8 Å². The van der Waals surface area contributed by atoms with E-state index in [1.54, 1.807) is 0 Å². The molecular formula is C46H37N. The lowest BCUT2D eigenvalue weighted by Crippen LogP contribution is -2.18. The van der Waals surface area contributed by atoms with Gasteiger partial charge in [0.25, 0.3) is 0 Å². The normalized spacial score (nSPS) is 14.7. The molecular weight excluding hydrogens is 567 g/mol. The molecule has 226 valence electrons. The van der Waals surface area contributed by atoms with Gasteiger partial charge in [0.1, 0.15) is 0 Å². The van der Waals surface area contributed by atoms with Crippen molar-refractivity contribution in [3.8, 4) is 33.4 Å². The van der Waals surface area contributed by atoms with Gasteiger partial charge in [0.15, 0.2) is 0 Å². The van der Waals surface area contributed by atoms with Gasteiger partial charge < -0.3 is 4.90 Å². The van der Waals surface area contributed by atoms with Crippen LogP contribution in [0.3, 0.4) is 0 Å². The minimum Gasteiger partial charge on any atom is -0.310 e. The maximum atomic E-state index is 2.46. The maximum absolute atomic E-state index is 2.46. The van der Waals surface area contributed by atoms with Crippen molar-refractivity contribution in [1.29, 1.82) is 0 Å². The standard InChI is InChI=1S/C46H37N/c1-45(2)40-20-11-10-19-37(40)38-24-22-34(28-42(38)45)47(33-17-12-16-32(27-33)30-13-6-5-7-14-30)35-23-25-39-43(29-35)46(3,4)41-26-21-31-15-8-9-18-36(31)44(39)41/h5-29H,1-4H3. The monoisotopic (exact) mass is 603 g/mol. The molecule has 7 aromatic carbocycles. The van der Waals surface area contributed by atoms with Crippen LogP contribution in [-0.2, 0) is 10.8 Å². The Morgan fingerprint density at radius 3 is 1.79 bits per heavy atom. The molecule has 47 heavy (non-hydrogen) atoms. The summed E-state index contributed by atoms with van der Waals surface area (Å²) >= 11 is 0. The second-order valence-corrected chi connectivity index (χ2v) is 14.2. The first-order valence-electron chi connectivity index (χ1n) is 16.7. The van der Waals surface area contributed by atoms with Gasteiger partial charge in [-0.15, -0.1) is 0 Å². The van der Waals surface area contributed by atoms with Crippen LogP contribution in [0.5, 0.6) is 0 Å². The molecule has 0 amide bonds. The van der Waals surface area contributed by atoms with E-state index in [9.17, 15) is 0 Å². The van der Waals surface area contributed by atoms with Gasteiger partial charge in [-0.25, -0.2) is 0 Å². The summed E-state index contributed by atoms with van der Waals surface area (Å²) in [7, 11) is 0. The zero-order chi connectivity index (χ0) is 31.9. The Bertz CT molecular complexity index is 2360. The highest BCUT2D eigenvalue weighted by atomic mass is 15.1. The number of nitrogens with zero attached hydrogens (tertiary/aromatic N) is 1. The van der Waals surface area contributed by atoms with Crippen molar-refractivity contribution in [1.82, 2.24) is 0 Å². The molecule has 0 saturated carbocycles. The van der Waals surface area contributed by atoms with Crippen LogP contribution in [0, 0.1) is 0 Å². The molecule has 0 radical (unpaired) electrons. The molecule has 0 bridgehead atoms. The van der Waals surface area contributed by atoms with Gasteiger partial charge in [-0.05, 0) is 103 Å². The zero-order valence-electron chi connectivity index (χ0n) is 27.4. The molecule has 1 heteroatoms. The fourth-order valence-corrected chi connectivity index (χ4v) is 8.37. The van der Waals surface area contributed by atoms with E-state index >= 15 is 0 Å². The molecule has 0 fully saturated rings. The third-order valence-corrected chi connectivity index (χ3v) is 10.8. The van der Waals surface area contributed by atoms with E-state index in [4.69, 9.17) is 0 Å². The summed E-state index contributed by atoms with van der Waals surface area (Å²) in [6.45, 7) is 9.49. The Balaban J connectivity index is 1.25. The van der Waals surface area contributed by atoms with Gasteiger partial charge in [0, 0.05) is 27.9 Å². The summed E-state index contributed by atoms with van der Waals surface area (Å²) in [6, 6.07) is 56.2. The van der Waals surface area contributed by atoms with Crippen molar-refractivity contribution in [2.45, 2.75) is 38.5 Å². The number of benzene rings is 7. The van der Waals surface area contributed by atoms with Crippen molar-refractivity contribution in [3.05, 3.63) is 174 Å². The minimum atomic E-state index is -0.121. The van der Waals surface area contributed by atoms with Crippen molar-refractivity contribution in [2.75, 3.05) is 4.90 Å². The van der Waals surface area contributed by atoms with Gasteiger partial charge in [0.2, 0.25) is 0 Å². The SMILES string of the molecule is CC1(C)c2ccccc2-c2ccc(N(c3cccc(-c4ccccc4)c3)c3ccc4c(c3)C(C)(C)c3ccc5ccccc5c3-4)cc21. The predicted molar refractivity (Wildman–Crippen MR) is 199 cm³/mol. The van der Waals surface area contributed by atoms with Crippen LogP contribution >= 0.6 is 0 Å². The first-order chi connectivity index (χ1) is 22.8. The zero-order valence-corrected chi connectivity index (χ0v) is 27.4. The number of anilines is 3. The fourth-order valence-electron chi connectivity index (χ4n) is 8.37. The first kappa shape index (κ1) is 27.9. The van der Waals surface area contributed by atoms with E-state index in [1.807, 2.05) is 0 Å². The van der Waals surface area contributed by atoms with Crippen LogP contribution in [0.25, 0.3) is 44.2 Å². The molecule has 2 aliphatic carbocycles. The van der Waals surface area contributed by atoms with Crippen molar-refractivity contribution in [2.24, 2.45) is 0 Å². The number of hydrogen-bond donors (Lipinski definition) is 0. The molecule has 0 saturated heterocycles. The van der Waals surface area contributed by atoms with E-state index in [1.165, 1.54) is 77.8 Å². The summed E-state index contributed by atoms with van der Waals surface area (Å²) in [5.74, 6) is 0. The molecule has 0 atom stereocenters. The smallest absolute Gasteiger partial charge is 0.0467 e. The Morgan fingerprint density at radius 1 is 0.383 bits per heavy atom. The van der Waals surface area contributed by atoms with Gasteiger partial charge in [-0.2, -0.15) is 0 Å². The Kier molecular flexibility index (Phi) is 5.96. The van der Waals surface area contributed by atoms with Crippen molar-refractivity contribution in [3.63, 3.8) is 0 Å². The molecule has 0 N–H and O–H groups in total. The average Bonchev–Trinajstić information content (AvgIpc) is 3.48. The lowest BCUT2D eigenvalue weighted by Gasteiger charge is -2.30. The summed E-state index contributed by atoms with van der Waals surface area (Å²) < 4.78 is 0. The molecule has 0 heterocycles. The third-order valence-electron chi connectivity index (χ3n) is 10.8. The highest BCUT2D eigenvalue weighted by molar-refractivity contribution is 6.03. The molecule has 9 rings (SSSR count). The van der Waals surface area contributed by atoms with Crippen LogP contribution in [0.15, 0.2) is 152 Å². The van der Waals surface area contributed by atoms with Crippen molar-refractivity contribution < 1.29 is 0 Å². The fraction of sp³-hybridized carbons (Fsp3) is 0.130. The summed E-state index contributed by atoms with van der Waals surface area (Å²) in [4.78, 5) is 2.46. The van der Waals surface area contributed by atoms with E-state index in [0.29, 0.717) is 0 Å². The second-order valence-electron chi connectivity index (χ2n) is 14.2. The Morgan fingerprint density at radius 2 is 0.979 bits per heavy atom. The van der Waals surface area contributed by atoms with Gasteiger partial charge >= 0.3 is 0 Å². The predicted octanol–water partition coefficient (Wildman–Crippen LogP) is 12.6. The van der Waals surface area contributed by atoms with Crippen LogP contribution in [0.1, 0.15) is 49.9 Å². The quantitative estimate of drug-likeness (QED) is 0.193. The van der Waals surface area contributed by atoms with E-state index in [2.05, 4.69) is 184 Å². The van der Waals surface area contributed by atoms with E-state index in [0.717, 1.165) is 5.69 Å². The van der Waals surface area contributed by atoms with E-state index in [-0.39, 0.29) is 10.8 Å². The number of hydrogen-bond acceptors (Lipinski definition) is 1. The molecule has 1 nitrogen and oxygen atoms in total. The van der Waals surface area contributed by atoms with Gasteiger partial charge in [-0.1, -0.05) is 143 Å². The van der Waals surface area contributed by atoms with Gasteiger partial charge in [0.05, 0.1) is 0 Å². The largest absolute Gasteiger partial charge is 0.310 e. The minimum absolute atomic E-state index is 0.0812. The maximum Gasteiger partial charge on any atom is 0.0467 e. The lowest BCUT2D eigenvalue weighted by atomic mass is 9.81. The number of fused-ring (bicyclic) bond motifs is 8. The Hall–Kier alpha value is -5.40. The van der Waals surface area contributed by atoms with Crippen LogP contribution in [-0.4, -0.2) is 0 Å². The second kappa shape index (κ2) is 10.0. The summed E-state index contributed by atoms with van der Waals surface area (Å²) in [6.07, 6.45) is 0. The lowest BCUT2D eigenvalue weighted by molar-refractivity contribution is 0.660. The van der Waals surface area contributed by atoms with E-state index < -0.39 is 0 Å². The third kappa shape index (κ3) is 4.09. The van der Waals surface area contributed by atoms with Crippen LogP contribution in [0.4, 0.5) is 17.1 Å². The topological polar surface area (TPSA) is 3.24 Å². The molecule has 0 aromatic heterocycles. The summed E-state index contributed by atoms with van der Waals surface area (Å²) in [5.41, 5.74) is 16.7. The highest BCUT2D eigenvalue weighted by Gasteiger charge is 2.38. The molecule has 0 spiro atoms. The van der Waals surface area contributed by atoms with Crippen LogP contribution in [0.2, 0.25) is 0 Å². The Labute approximate surface area is 277 Å². The average molecular weight is 604 g/mol. The summed E-state index contributed by atoms with van der Waals surface area (Å²) in [5, 5.41) is 2.62. The molecule has 0 aliphatic heterocycles. The molecule has 2 aliphatic rings. The first-order valence-corrected chi connectivity index (χ1v) is 16.7. The van der Waals surface area contributed by atoms with Gasteiger partial charge in [-0.3, -0.25) is 0 Å². The molecule has 0 unspecified atom stereocenters. The molecule has 7 aromatic rings. The van der Waals surface area contributed by atoms with Crippen LogP contribution < -0.4 is 4.90 Å². The highest BCUT2D eigenvalue weighted by Crippen LogP contribution is 2.54.